The highest BCUT2D eigenvalue weighted by Gasteiger charge is 2.28. The minimum atomic E-state index is -0.116. The predicted octanol–water partition coefficient (Wildman–Crippen LogP) is 1.96. The highest BCUT2D eigenvalue weighted by molar-refractivity contribution is 5.85. The van der Waals surface area contributed by atoms with Crippen molar-refractivity contribution in [1.29, 1.82) is 0 Å². The molecule has 0 bridgehead atoms. The summed E-state index contributed by atoms with van der Waals surface area (Å²) in [6.07, 6.45) is 2.38. The van der Waals surface area contributed by atoms with E-state index in [0.29, 0.717) is 12.5 Å². The highest BCUT2D eigenvalue weighted by Crippen LogP contribution is 2.31. The van der Waals surface area contributed by atoms with Gasteiger partial charge in [-0.1, -0.05) is 6.07 Å². The van der Waals surface area contributed by atoms with E-state index in [1.54, 1.807) is 0 Å². The zero-order valence-electron chi connectivity index (χ0n) is 12.0. The molecular weight excluding hydrogens is 276 g/mol. The second kappa shape index (κ2) is 7.50. The molecule has 0 heterocycles. The standard InChI is InChI=1S/C15H22N2O2.ClH/c1-10-3-6-13(7-11(10)2)19-9-15(18)17-8-14(16)12-4-5-12;/h3,6-7,12,14H,4-5,8-9,16H2,1-2H3,(H,17,18);1H. The van der Waals surface area contributed by atoms with Crippen molar-refractivity contribution in [3.63, 3.8) is 0 Å². The summed E-state index contributed by atoms with van der Waals surface area (Å²) in [5, 5.41) is 2.81. The average Bonchev–Trinajstić information content (AvgIpc) is 3.21. The van der Waals surface area contributed by atoms with Crippen LogP contribution in [-0.4, -0.2) is 25.1 Å². The first-order valence-electron chi connectivity index (χ1n) is 6.78. The summed E-state index contributed by atoms with van der Waals surface area (Å²) in [7, 11) is 0. The van der Waals surface area contributed by atoms with Crippen molar-refractivity contribution in [1.82, 2.24) is 5.32 Å². The Labute approximate surface area is 126 Å². The monoisotopic (exact) mass is 298 g/mol. The van der Waals surface area contributed by atoms with Crippen LogP contribution in [0.15, 0.2) is 18.2 Å². The third kappa shape index (κ3) is 5.02. The van der Waals surface area contributed by atoms with Crippen LogP contribution < -0.4 is 15.8 Å². The van der Waals surface area contributed by atoms with Gasteiger partial charge in [0.25, 0.3) is 5.91 Å². The molecule has 1 aliphatic carbocycles. The van der Waals surface area contributed by atoms with Crippen molar-refractivity contribution < 1.29 is 9.53 Å². The number of amides is 1. The lowest BCUT2D eigenvalue weighted by molar-refractivity contribution is -0.123. The lowest BCUT2D eigenvalue weighted by atomic mass is 10.1. The van der Waals surface area contributed by atoms with Crippen LogP contribution in [0.1, 0.15) is 24.0 Å². The molecule has 20 heavy (non-hydrogen) atoms. The number of carbonyl (C=O) groups excluding carboxylic acids is 1. The van der Waals surface area contributed by atoms with Crippen LogP contribution in [0.25, 0.3) is 0 Å². The third-order valence-corrected chi connectivity index (χ3v) is 3.61. The van der Waals surface area contributed by atoms with E-state index in [-0.39, 0.29) is 31.0 Å². The maximum absolute atomic E-state index is 11.6. The highest BCUT2D eigenvalue weighted by atomic mass is 35.5. The number of hydrogen-bond acceptors (Lipinski definition) is 3. The SMILES string of the molecule is Cc1ccc(OCC(=O)NCC(N)C2CC2)cc1C.Cl. The summed E-state index contributed by atoms with van der Waals surface area (Å²) in [5.74, 6) is 1.21. The number of nitrogens with one attached hydrogen (secondary N) is 1. The number of nitrogens with two attached hydrogens (primary N) is 1. The zero-order valence-corrected chi connectivity index (χ0v) is 12.8. The molecule has 0 aromatic heterocycles. The van der Waals surface area contributed by atoms with Gasteiger partial charge in [-0.3, -0.25) is 4.79 Å². The fourth-order valence-electron chi connectivity index (χ4n) is 1.93. The number of ether oxygens (including phenoxy) is 1. The van der Waals surface area contributed by atoms with Crippen molar-refractivity contribution in [3.8, 4) is 5.75 Å². The van der Waals surface area contributed by atoms with E-state index in [2.05, 4.69) is 5.32 Å². The molecule has 1 aliphatic rings. The summed E-state index contributed by atoms with van der Waals surface area (Å²) < 4.78 is 5.46. The third-order valence-electron chi connectivity index (χ3n) is 3.61. The van der Waals surface area contributed by atoms with Gasteiger partial charge in [-0.15, -0.1) is 12.4 Å². The first kappa shape index (κ1) is 16.8. The topological polar surface area (TPSA) is 64.3 Å². The molecule has 0 saturated heterocycles. The first-order chi connectivity index (χ1) is 9.06. The van der Waals surface area contributed by atoms with Gasteiger partial charge in [0.2, 0.25) is 0 Å². The van der Waals surface area contributed by atoms with Gasteiger partial charge in [-0.05, 0) is 55.9 Å². The maximum Gasteiger partial charge on any atom is 0.257 e. The lowest BCUT2D eigenvalue weighted by Crippen LogP contribution is -2.40. The number of hydrogen-bond donors (Lipinski definition) is 2. The molecule has 1 fully saturated rings. The van der Waals surface area contributed by atoms with Crippen LogP contribution in [0.3, 0.4) is 0 Å². The van der Waals surface area contributed by atoms with Gasteiger partial charge in [0.05, 0.1) is 0 Å². The normalized spacial score (nSPS) is 15.2. The van der Waals surface area contributed by atoms with E-state index in [4.69, 9.17) is 10.5 Å². The van der Waals surface area contributed by atoms with E-state index in [9.17, 15) is 4.79 Å². The van der Waals surface area contributed by atoms with Crippen LogP contribution in [0.4, 0.5) is 0 Å². The summed E-state index contributed by atoms with van der Waals surface area (Å²) >= 11 is 0. The molecule has 0 aliphatic heterocycles. The molecule has 1 amide bonds. The van der Waals surface area contributed by atoms with Crippen molar-refractivity contribution in [2.75, 3.05) is 13.2 Å². The fourth-order valence-corrected chi connectivity index (χ4v) is 1.93. The quantitative estimate of drug-likeness (QED) is 0.844. The van der Waals surface area contributed by atoms with Gasteiger partial charge in [0, 0.05) is 12.6 Å². The molecule has 5 heteroatoms. The van der Waals surface area contributed by atoms with Gasteiger partial charge < -0.3 is 15.8 Å². The Morgan fingerprint density at radius 2 is 2.10 bits per heavy atom. The van der Waals surface area contributed by atoms with E-state index < -0.39 is 0 Å². The van der Waals surface area contributed by atoms with Crippen molar-refractivity contribution >= 4 is 18.3 Å². The Bertz CT molecular complexity index is 461. The van der Waals surface area contributed by atoms with E-state index in [1.807, 2.05) is 32.0 Å². The molecule has 4 nitrogen and oxygen atoms in total. The molecule has 1 unspecified atom stereocenters. The number of halogens is 1. The summed E-state index contributed by atoms with van der Waals surface area (Å²) in [5.41, 5.74) is 8.29. The Morgan fingerprint density at radius 3 is 2.70 bits per heavy atom. The zero-order chi connectivity index (χ0) is 13.8. The van der Waals surface area contributed by atoms with Crippen LogP contribution in [0.5, 0.6) is 5.75 Å². The van der Waals surface area contributed by atoms with Crippen molar-refractivity contribution in [2.24, 2.45) is 11.7 Å². The van der Waals surface area contributed by atoms with Gasteiger partial charge in [-0.2, -0.15) is 0 Å². The van der Waals surface area contributed by atoms with Gasteiger partial charge in [0.1, 0.15) is 5.75 Å². The van der Waals surface area contributed by atoms with Crippen LogP contribution in [0.2, 0.25) is 0 Å². The van der Waals surface area contributed by atoms with Crippen LogP contribution in [-0.2, 0) is 4.79 Å². The Balaban J connectivity index is 0.00000200. The Morgan fingerprint density at radius 1 is 1.40 bits per heavy atom. The van der Waals surface area contributed by atoms with Gasteiger partial charge in [-0.25, -0.2) is 0 Å². The minimum Gasteiger partial charge on any atom is -0.484 e. The predicted molar refractivity (Wildman–Crippen MR) is 82.4 cm³/mol. The van der Waals surface area contributed by atoms with E-state index in [0.717, 1.165) is 11.3 Å². The summed E-state index contributed by atoms with van der Waals surface area (Å²) in [6, 6.07) is 5.90. The second-order valence-electron chi connectivity index (χ2n) is 5.34. The molecule has 0 spiro atoms. The molecular formula is C15H23ClN2O2. The van der Waals surface area contributed by atoms with Gasteiger partial charge >= 0.3 is 0 Å². The number of aryl methyl sites for hydroxylation is 2. The Hall–Kier alpha value is -1.26. The summed E-state index contributed by atoms with van der Waals surface area (Å²) in [4.78, 5) is 11.6. The molecule has 2 rings (SSSR count). The van der Waals surface area contributed by atoms with E-state index >= 15 is 0 Å². The molecule has 1 aromatic carbocycles. The molecule has 1 atom stereocenters. The smallest absolute Gasteiger partial charge is 0.257 e. The first-order valence-corrected chi connectivity index (χ1v) is 6.78. The molecule has 112 valence electrons. The number of benzene rings is 1. The molecule has 1 aromatic rings. The second-order valence-corrected chi connectivity index (χ2v) is 5.34. The largest absolute Gasteiger partial charge is 0.484 e. The lowest BCUT2D eigenvalue weighted by Gasteiger charge is -2.12. The average molecular weight is 299 g/mol. The van der Waals surface area contributed by atoms with Crippen molar-refractivity contribution in [3.05, 3.63) is 29.3 Å². The molecule has 1 saturated carbocycles. The van der Waals surface area contributed by atoms with Gasteiger partial charge in [0.15, 0.2) is 6.61 Å². The van der Waals surface area contributed by atoms with Crippen molar-refractivity contribution in [2.45, 2.75) is 32.7 Å². The fraction of sp³-hybridized carbons (Fsp3) is 0.533. The Kier molecular flexibility index (Phi) is 6.30. The molecule has 0 radical (unpaired) electrons. The summed E-state index contributed by atoms with van der Waals surface area (Å²) in [6.45, 7) is 4.65. The van der Waals surface area contributed by atoms with Crippen LogP contribution in [0, 0.1) is 19.8 Å². The van der Waals surface area contributed by atoms with E-state index in [1.165, 1.54) is 18.4 Å². The minimum absolute atomic E-state index is 0. The number of carbonyl (C=O) groups is 1. The maximum atomic E-state index is 11.6. The van der Waals surface area contributed by atoms with Crippen LogP contribution >= 0.6 is 12.4 Å². The molecule has 3 N–H and O–H groups in total. The number of rotatable bonds is 6.